The van der Waals surface area contributed by atoms with Crippen LogP contribution in [-0.4, -0.2) is 12.0 Å². The van der Waals surface area contributed by atoms with E-state index >= 15 is 0 Å². The van der Waals surface area contributed by atoms with Crippen molar-refractivity contribution in [3.8, 4) is 0 Å². The molecule has 1 aromatic heterocycles. The summed E-state index contributed by atoms with van der Waals surface area (Å²) in [5.41, 5.74) is 2.71. The van der Waals surface area contributed by atoms with Crippen LogP contribution in [0.4, 0.5) is 0 Å². The molecule has 15 heavy (non-hydrogen) atoms. The van der Waals surface area contributed by atoms with Gasteiger partial charge in [0.05, 0.1) is 16.7 Å². The summed E-state index contributed by atoms with van der Waals surface area (Å²) in [5, 5.41) is 6.70. The van der Waals surface area contributed by atoms with Crippen molar-refractivity contribution < 1.29 is 0 Å². The van der Waals surface area contributed by atoms with E-state index in [1.807, 2.05) is 7.05 Å². The molecule has 0 bridgehead atoms. The van der Waals surface area contributed by atoms with E-state index in [0.717, 1.165) is 5.01 Å². The van der Waals surface area contributed by atoms with Crippen LogP contribution < -0.4 is 5.32 Å². The molecule has 0 spiro atoms. The standard InChI is InChI=1S/C12H18N2S/c1-9-14-11(8-15-9)12(13-2)10-6-4-3-5-7-10/h6,8,12-13H,3-5,7H2,1-2H3. The number of thiazole rings is 1. The second-order valence-electron chi connectivity index (χ2n) is 4.04. The van der Waals surface area contributed by atoms with Crippen molar-refractivity contribution in [2.45, 2.75) is 38.6 Å². The summed E-state index contributed by atoms with van der Waals surface area (Å²) < 4.78 is 0. The molecule has 0 amide bonds. The van der Waals surface area contributed by atoms with Crippen LogP contribution in [-0.2, 0) is 0 Å². The van der Waals surface area contributed by atoms with Crippen molar-refractivity contribution in [2.24, 2.45) is 0 Å². The molecule has 1 aliphatic carbocycles. The molecule has 0 aromatic carbocycles. The normalized spacial score (nSPS) is 18.7. The minimum Gasteiger partial charge on any atom is -0.308 e. The van der Waals surface area contributed by atoms with Crippen molar-refractivity contribution in [3.05, 3.63) is 27.7 Å². The Labute approximate surface area is 95.4 Å². The van der Waals surface area contributed by atoms with Crippen molar-refractivity contribution in [3.63, 3.8) is 0 Å². The summed E-state index contributed by atoms with van der Waals surface area (Å²) in [6.07, 6.45) is 7.52. The van der Waals surface area contributed by atoms with Gasteiger partial charge in [0.2, 0.25) is 0 Å². The quantitative estimate of drug-likeness (QED) is 0.794. The topological polar surface area (TPSA) is 24.9 Å². The maximum Gasteiger partial charge on any atom is 0.0898 e. The zero-order valence-corrected chi connectivity index (χ0v) is 10.2. The summed E-state index contributed by atoms with van der Waals surface area (Å²) in [4.78, 5) is 4.57. The lowest BCUT2D eigenvalue weighted by Crippen LogP contribution is -2.20. The highest BCUT2D eigenvalue weighted by molar-refractivity contribution is 7.09. The first kappa shape index (κ1) is 10.8. The van der Waals surface area contributed by atoms with Crippen molar-refractivity contribution in [1.82, 2.24) is 10.3 Å². The lowest BCUT2D eigenvalue weighted by molar-refractivity contribution is 0.584. The number of hydrogen-bond donors (Lipinski definition) is 1. The Bertz CT molecular complexity index is 354. The van der Waals surface area contributed by atoms with Gasteiger partial charge in [0.25, 0.3) is 0 Å². The monoisotopic (exact) mass is 222 g/mol. The molecule has 1 N–H and O–H groups in total. The van der Waals surface area contributed by atoms with Gasteiger partial charge in [0.1, 0.15) is 0 Å². The van der Waals surface area contributed by atoms with Gasteiger partial charge in [-0.05, 0) is 39.7 Å². The number of nitrogens with one attached hydrogen (secondary N) is 1. The van der Waals surface area contributed by atoms with E-state index < -0.39 is 0 Å². The molecule has 82 valence electrons. The Kier molecular flexibility index (Phi) is 3.54. The number of aromatic nitrogens is 1. The van der Waals surface area contributed by atoms with Gasteiger partial charge in [-0.25, -0.2) is 4.98 Å². The Morgan fingerprint density at radius 3 is 2.87 bits per heavy atom. The average molecular weight is 222 g/mol. The van der Waals surface area contributed by atoms with Gasteiger partial charge >= 0.3 is 0 Å². The SMILES string of the molecule is CNC(C1=CCCCC1)c1csc(C)n1. The first-order valence-corrected chi connectivity index (χ1v) is 6.47. The smallest absolute Gasteiger partial charge is 0.0898 e. The highest BCUT2D eigenvalue weighted by Gasteiger charge is 2.18. The molecule has 1 heterocycles. The molecule has 1 unspecified atom stereocenters. The zero-order chi connectivity index (χ0) is 10.7. The van der Waals surface area contributed by atoms with E-state index in [-0.39, 0.29) is 0 Å². The second-order valence-corrected chi connectivity index (χ2v) is 5.10. The Balaban J connectivity index is 2.19. The molecule has 1 aliphatic rings. The van der Waals surface area contributed by atoms with Crippen molar-refractivity contribution in [1.29, 1.82) is 0 Å². The predicted octanol–water partition coefficient (Wildman–Crippen LogP) is 3.21. The second kappa shape index (κ2) is 4.90. The first-order valence-electron chi connectivity index (χ1n) is 5.59. The fraction of sp³-hybridized carbons (Fsp3) is 0.583. The maximum atomic E-state index is 4.57. The molecular weight excluding hydrogens is 204 g/mol. The van der Waals surface area contributed by atoms with Gasteiger partial charge in [-0.15, -0.1) is 11.3 Å². The van der Waals surface area contributed by atoms with Crippen LogP contribution >= 0.6 is 11.3 Å². The molecule has 3 heteroatoms. The Morgan fingerprint density at radius 1 is 1.47 bits per heavy atom. The van der Waals surface area contributed by atoms with Crippen LogP contribution in [0.3, 0.4) is 0 Å². The number of likely N-dealkylation sites (N-methyl/N-ethyl adjacent to an activating group) is 1. The number of rotatable bonds is 3. The number of allylic oxidation sites excluding steroid dienone is 1. The Morgan fingerprint density at radius 2 is 2.33 bits per heavy atom. The third-order valence-electron chi connectivity index (χ3n) is 2.92. The van der Waals surface area contributed by atoms with E-state index in [4.69, 9.17) is 0 Å². The first-order chi connectivity index (χ1) is 7.31. The van der Waals surface area contributed by atoms with Gasteiger partial charge in [-0.2, -0.15) is 0 Å². The van der Waals surface area contributed by atoms with Gasteiger partial charge < -0.3 is 5.32 Å². The molecular formula is C12H18N2S. The molecule has 0 saturated heterocycles. The zero-order valence-electron chi connectivity index (χ0n) is 9.42. The minimum atomic E-state index is 0.343. The molecule has 2 nitrogen and oxygen atoms in total. The molecule has 1 aromatic rings. The fourth-order valence-electron chi connectivity index (χ4n) is 2.16. The van der Waals surface area contributed by atoms with E-state index in [1.165, 1.54) is 37.0 Å². The van der Waals surface area contributed by atoms with Crippen LogP contribution in [0.5, 0.6) is 0 Å². The average Bonchev–Trinajstić information content (AvgIpc) is 2.68. The fourth-order valence-corrected chi connectivity index (χ4v) is 2.80. The number of nitrogens with zero attached hydrogens (tertiary/aromatic N) is 1. The third-order valence-corrected chi connectivity index (χ3v) is 3.71. The van der Waals surface area contributed by atoms with Crippen LogP contribution in [0.1, 0.15) is 42.4 Å². The number of aryl methyl sites for hydroxylation is 1. The molecule has 1 atom stereocenters. The number of hydrogen-bond acceptors (Lipinski definition) is 3. The van der Waals surface area contributed by atoms with Crippen LogP contribution in [0.15, 0.2) is 17.0 Å². The summed E-state index contributed by atoms with van der Waals surface area (Å²) in [6.45, 7) is 2.07. The van der Waals surface area contributed by atoms with Crippen molar-refractivity contribution in [2.75, 3.05) is 7.05 Å². The van der Waals surface area contributed by atoms with Crippen LogP contribution in [0.2, 0.25) is 0 Å². The van der Waals surface area contributed by atoms with Gasteiger partial charge in [-0.1, -0.05) is 11.6 Å². The van der Waals surface area contributed by atoms with Crippen LogP contribution in [0, 0.1) is 6.92 Å². The van der Waals surface area contributed by atoms with Gasteiger partial charge in [0.15, 0.2) is 0 Å². The van der Waals surface area contributed by atoms with E-state index in [2.05, 4.69) is 28.7 Å². The van der Waals surface area contributed by atoms with Crippen LogP contribution in [0.25, 0.3) is 0 Å². The molecule has 0 aliphatic heterocycles. The summed E-state index contributed by atoms with van der Waals surface area (Å²) in [7, 11) is 2.02. The largest absolute Gasteiger partial charge is 0.308 e. The summed E-state index contributed by atoms with van der Waals surface area (Å²) >= 11 is 1.73. The maximum absolute atomic E-state index is 4.57. The van der Waals surface area contributed by atoms with E-state index in [9.17, 15) is 0 Å². The Hall–Kier alpha value is -0.670. The molecule has 0 saturated carbocycles. The van der Waals surface area contributed by atoms with E-state index in [0.29, 0.717) is 6.04 Å². The van der Waals surface area contributed by atoms with Crippen molar-refractivity contribution >= 4 is 11.3 Å². The molecule has 0 fully saturated rings. The van der Waals surface area contributed by atoms with Gasteiger partial charge in [-0.3, -0.25) is 0 Å². The lowest BCUT2D eigenvalue weighted by Gasteiger charge is -2.21. The molecule has 0 radical (unpaired) electrons. The predicted molar refractivity (Wildman–Crippen MR) is 65.2 cm³/mol. The lowest BCUT2D eigenvalue weighted by atomic mass is 9.92. The van der Waals surface area contributed by atoms with Gasteiger partial charge in [0, 0.05) is 5.38 Å². The highest BCUT2D eigenvalue weighted by atomic mass is 32.1. The van der Waals surface area contributed by atoms with E-state index in [1.54, 1.807) is 11.3 Å². The summed E-state index contributed by atoms with van der Waals surface area (Å²) in [5.74, 6) is 0. The molecule has 2 rings (SSSR count). The highest BCUT2D eigenvalue weighted by Crippen LogP contribution is 2.29. The summed E-state index contributed by atoms with van der Waals surface area (Å²) in [6, 6.07) is 0.343. The minimum absolute atomic E-state index is 0.343. The third kappa shape index (κ3) is 2.47.